The lowest BCUT2D eigenvalue weighted by atomic mass is 9.75. The fraction of sp³-hybridized carbons (Fsp3) is 0.875. The third-order valence-electron chi connectivity index (χ3n) is 5.67. The maximum Gasteiger partial charge on any atom is 0.325 e. The van der Waals surface area contributed by atoms with E-state index >= 15 is 0 Å². The largest absolute Gasteiger partial charge is 0.325 e. The predicted molar refractivity (Wildman–Crippen MR) is 77.2 cm³/mol. The summed E-state index contributed by atoms with van der Waals surface area (Å²) >= 11 is 0. The Balaban J connectivity index is 1.73. The van der Waals surface area contributed by atoms with Crippen LogP contribution in [0, 0.1) is 5.92 Å². The molecule has 2 aliphatic carbocycles. The molecule has 3 rings (SSSR count). The molecule has 0 bridgehead atoms. The first-order valence-electron chi connectivity index (χ1n) is 8.32. The van der Waals surface area contributed by atoms with Gasteiger partial charge in [0.05, 0.1) is 0 Å². The van der Waals surface area contributed by atoms with Gasteiger partial charge in [-0.25, -0.2) is 4.79 Å². The molecule has 1 spiro atoms. The zero-order valence-corrected chi connectivity index (χ0v) is 12.5. The molecule has 1 heterocycles. The number of nitrogens with zero attached hydrogens (tertiary/aromatic N) is 1. The number of nitrogens with one attached hydrogen (secondary N) is 1. The minimum absolute atomic E-state index is 0.0731. The highest BCUT2D eigenvalue weighted by molar-refractivity contribution is 6.07. The number of hydrogen-bond acceptors (Lipinski definition) is 2. The highest BCUT2D eigenvalue weighted by Gasteiger charge is 2.53. The topological polar surface area (TPSA) is 49.4 Å². The van der Waals surface area contributed by atoms with Gasteiger partial charge >= 0.3 is 6.03 Å². The van der Waals surface area contributed by atoms with Crippen LogP contribution >= 0.6 is 0 Å². The Morgan fingerprint density at radius 2 is 1.75 bits per heavy atom. The molecule has 0 aromatic rings. The van der Waals surface area contributed by atoms with Gasteiger partial charge in [0.2, 0.25) is 0 Å². The lowest BCUT2D eigenvalue weighted by Crippen LogP contribution is -2.50. The van der Waals surface area contributed by atoms with Gasteiger partial charge in [-0.15, -0.1) is 0 Å². The Kier molecular flexibility index (Phi) is 3.74. The molecule has 0 aromatic heterocycles. The summed E-state index contributed by atoms with van der Waals surface area (Å²) in [6.07, 6.45) is 10.5. The molecule has 2 saturated carbocycles. The molecule has 20 heavy (non-hydrogen) atoms. The van der Waals surface area contributed by atoms with Crippen LogP contribution in [0.15, 0.2) is 0 Å². The van der Waals surface area contributed by atoms with E-state index in [1.807, 2.05) is 0 Å². The Morgan fingerprint density at radius 3 is 2.35 bits per heavy atom. The smallest absolute Gasteiger partial charge is 0.323 e. The molecule has 3 fully saturated rings. The van der Waals surface area contributed by atoms with Crippen LogP contribution in [0.3, 0.4) is 0 Å². The Morgan fingerprint density at radius 1 is 1.10 bits per heavy atom. The van der Waals surface area contributed by atoms with Crippen molar-refractivity contribution in [2.45, 2.75) is 82.7 Å². The van der Waals surface area contributed by atoms with Crippen LogP contribution in [0.4, 0.5) is 4.79 Å². The molecule has 4 heteroatoms. The Labute approximate surface area is 121 Å². The van der Waals surface area contributed by atoms with E-state index in [2.05, 4.69) is 12.2 Å². The molecule has 0 aromatic carbocycles. The van der Waals surface area contributed by atoms with Gasteiger partial charge in [0.25, 0.3) is 5.91 Å². The lowest BCUT2D eigenvalue weighted by molar-refractivity contribution is -0.134. The molecule has 1 aliphatic heterocycles. The van der Waals surface area contributed by atoms with Gasteiger partial charge in [0, 0.05) is 6.04 Å². The van der Waals surface area contributed by atoms with Crippen LogP contribution in [0.1, 0.15) is 71.1 Å². The minimum atomic E-state index is -0.555. The quantitative estimate of drug-likeness (QED) is 0.788. The van der Waals surface area contributed by atoms with Crippen molar-refractivity contribution in [3.05, 3.63) is 0 Å². The first kappa shape index (κ1) is 13.9. The van der Waals surface area contributed by atoms with Gasteiger partial charge in [-0.05, 0) is 44.4 Å². The van der Waals surface area contributed by atoms with Gasteiger partial charge in [0.15, 0.2) is 0 Å². The maximum absolute atomic E-state index is 12.8. The zero-order valence-electron chi connectivity index (χ0n) is 12.5. The molecule has 1 N–H and O–H groups in total. The fourth-order valence-electron chi connectivity index (χ4n) is 4.23. The van der Waals surface area contributed by atoms with Crippen molar-refractivity contribution in [1.29, 1.82) is 0 Å². The second kappa shape index (κ2) is 5.38. The van der Waals surface area contributed by atoms with Crippen LogP contribution in [0.5, 0.6) is 0 Å². The molecule has 0 atom stereocenters. The average Bonchev–Trinajstić information content (AvgIpc) is 2.72. The van der Waals surface area contributed by atoms with E-state index < -0.39 is 5.54 Å². The molecule has 1 saturated heterocycles. The summed E-state index contributed by atoms with van der Waals surface area (Å²) < 4.78 is 0. The summed E-state index contributed by atoms with van der Waals surface area (Å²) in [4.78, 5) is 26.7. The predicted octanol–water partition coefficient (Wildman–Crippen LogP) is 3.21. The highest BCUT2D eigenvalue weighted by Crippen LogP contribution is 2.39. The average molecular weight is 278 g/mol. The van der Waals surface area contributed by atoms with E-state index in [9.17, 15) is 9.59 Å². The van der Waals surface area contributed by atoms with Crippen molar-refractivity contribution in [2.75, 3.05) is 0 Å². The molecule has 0 radical (unpaired) electrons. The van der Waals surface area contributed by atoms with E-state index in [1.54, 1.807) is 4.90 Å². The van der Waals surface area contributed by atoms with Crippen LogP contribution in [0.25, 0.3) is 0 Å². The summed E-state index contributed by atoms with van der Waals surface area (Å²) in [5, 5.41) is 3.05. The zero-order chi connectivity index (χ0) is 14.2. The van der Waals surface area contributed by atoms with Gasteiger partial charge in [-0.3, -0.25) is 9.69 Å². The molecule has 3 amide bonds. The molecular weight excluding hydrogens is 252 g/mol. The van der Waals surface area contributed by atoms with E-state index in [1.165, 1.54) is 12.8 Å². The maximum atomic E-state index is 12.8. The number of urea groups is 1. The standard InChI is InChI=1S/C16H26N2O2/c1-2-12-8-10-16(11-9-12)14(19)18(15(20)17-16)13-6-4-3-5-7-13/h12-13H,2-11H2,1H3,(H,17,20). The van der Waals surface area contributed by atoms with Gasteiger partial charge < -0.3 is 5.32 Å². The first-order chi connectivity index (χ1) is 9.66. The van der Waals surface area contributed by atoms with Crippen molar-refractivity contribution >= 4 is 11.9 Å². The minimum Gasteiger partial charge on any atom is -0.323 e. The summed E-state index contributed by atoms with van der Waals surface area (Å²) in [6, 6.07) is 0.0244. The monoisotopic (exact) mass is 278 g/mol. The molecule has 112 valence electrons. The van der Waals surface area contributed by atoms with Crippen molar-refractivity contribution in [3.8, 4) is 0 Å². The van der Waals surface area contributed by atoms with E-state index in [4.69, 9.17) is 0 Å². The highest BCUT2D eigenvalue weighted by atomic mass is 16.2. The van der Waals surface area contributed by atoms with Crippen LogP contribution in [0.2, 0.25) is 0 Å². The summed E-state index contributed by atoms with van der Waals surface area (Å²) in [5.74, 6) is 0.804. The number of amides is 3. The molecular formula is C16H26N2O2. The van der Waals surface area contributed by atoms with Gasteiger partial charge in [-0.1, -0.05) is 32.6 Å². The first-order valence-corrected chi connectivity index (χ1v) is 8.32. The summed E-state index contributed by atoms with van der Waals surface area (Å²) in [6.45, 7) is 2.21. The number of hydrogen-bond donors (Lipinski definition) is 1. The second-order valence-corrected chi connectivity index (χ2v) is 6.83. The fourth-order valence-corrected chi connectivity index (χ4v) is 4.23. The van der Waals surface area contributed by atoms with Crippen LogP contribution < -0.4 is 5.32 Å². The molecule has 4 nitrogen and oxygen atoms in total. The SMILES string of the molecule is CCC1CCC2(CC1)NC(=O)N(C1CCCCC1)C2=O. The number of carbonyl (C=O) groups is 2. The second-order valence-electron chi connectivity index (χ2n) is 6.83. The number of imide groups is 1. The van der Waals surface area contributed by atoms with Crippen molar-refractivity contribution in [3.63, 3.8) is 0 Å². The molecule has 0 unspecified atom stereocenters. The molecule has 3 aliphatic rings. The third-order valence-corrected chi connectivity index (χ3v) is 5.67. The Hall–Kier alpha value is -1.06. The van der Waals surface area contributed by atoms with Gasteiger partial charge in [-0.2, -0.15) is 0 Å². The van der Waals surface area contributed by atoms with E-state index in [0.717, 1.165) is 57.3 Å². The third kappa shape index (κ3) is 2.23. The summed E-state index contributed by atoms with van der Waals surface area (Å²) in [7, 11) is 0. The lowest BCUT2D eigenvalue weighted by Gasteiger charge is -2.35. The van der Waals surface area contributed by atoms with Crippen molar-refractivity contribution in [2.24, 2.45) is 5.92 Å². The van der Waals surface area contributed by atoms with Gasteiger partial charge in [0.1, 0.15) is 5.54 Å². The van der Waals surface area contributed by atoms with Crippen molar-refractivity contribution < 1.29 is 9.59 Å². The van der Waals surface area contributed by atoms with Crippen LogP contribution in [-0.2, 0) is 4.79 Å². The summed E-state index contributed by atoms with van der Waals surface area (Å²) in [5.41, 5.74) is -0.555. The van der Waals surface area contributed by atoms with E-state index in [-0.39, 0.29) is 18.0 Å². The van der Waals surface area contributed by atoms with Crippen LogP contribution in [-0.4, -0.2) is 28.4 Å². The van der Waals surface area contributed by atoms with E-state index in [0.29, 0.717) is 0 Å². The normalized spacial score (nSPS) is 35.6. The number of rotatable bonds is 2. The number of carbonyl (C=O) groups excluding carboxylic acids is 2. The Bertz CT molecular complexity index is 393. The van der Waals surface area contributed by atoms with Crippen molar-refractivity contribution in [1.82, 2.24) is 10.2 Å².